The largest absolute Gasteiger partial charge is 0.404 e. The molecule has 4 aromatic rings. The minimum absolute atomic E-state index is 0.00629. The molecule has 0 aromatic carbocycles. The van der Waals surface area contributed by atoms with E-state index in [0.717, 1.165) is 16.9 Å². The van der Waals surface area contributed by atoms with E-state index in [0.29, 0.717) is 49.2 Å². The van der Waals surface area contributed by atoms with Crippen LogP contribution in [-0.4, -0.2) is 70.6 Å². The van der Waals surface area contributed by atoms with E-state index >= 15 is 0 Å². The molecule has 0 radical (unpaired) electrons. The van der Waals surface area contributed by atoms with Crippen LogP contribution >= 0.6 is 0 Å². The van der Waals surface area contributed by atoms with E-state index in [1.165, 1.54) is 7.11 Å². The van der Waals surface area contributed by atoms with Crippen molar-refractivity contribution in [2.24, 2.45) is 0 Å². The second-order valence-electron chi connectivity index (χ2n) is 7.57. The quantitative estimate of drug-likeness (QED) is 0.479. The Morgan fingerprint density at radius 1 is 1.06 bits per heavy atom. The Bertz CT molecular complexity index is 1250. The van der Waals surface area contributed by atoms with Gasteiger partial charge in [0.15, 0.2) is 5.82 Å². The van der Waals surface area contributed by atoms with E-state index in [1.54, 1.807) is 18.6 Å². The highest BCUT2D eigenvalue weighted by Gasteiger charge is 2.23. The monoisotopic (exact) mass is 445 g/mol. The number of nitrogens with zero attached hydrogens (tertiary/aromatic N) is 6. The molecule has 0 spiro atoms. The van der Waals surface area contributed by atoms with Gasteiger partial charge in [0, 0.05) is 57.4 Å². The third-order valence-electron chi connectivity index (χ3n) is 5.48. The van der Waals surface area contributed by atoms with Gasteiger partial charge in [-0.2, -0.15) is 4.98 Å². The van der Waals surface area contributed by atoms with E-state index in [9.17, 15) is 4.79 Å². The van der Waals surface area contributed by atoms with Crippen molar-refractivity contribution in [3.63, 3.8) is 0 Å². The Morgan fingerprint density at radius 2 is 1.88 bits per heavy atom. The molecule has 0 atom stereocenters. The lowest BCUT2D eigenvalue weighted by molar-refractivity contribution is -0.135. The van der Waals surface area contributed by atoms with Gasteiger partial charge in [-0.05, 0) is 36.4 Å². The Balaban J connectivity index is 1.34. The summed E-state index contributed by atoms with van der Waals surface area (Å²) in [6.07, 6.45) is 5.17. The smallest absolute Gasteiger partial charge is 0.302 e. The lowest BCUT2D eigenvalue weighted by Gasteiger charge is -2.36. The third-order valence-corrected chi connectivity index (χ3v) is 5.48. The minimum Gasteiger partial charge on any atom is -0.404 e. The molecule has 4 aromatic heterocycles. The van der Waals surface area contributed by atoms with Crippen molar-refractivity contribution in [3.05, 3.63) is 55.0 Å². The fraction of sp³-hybridized carbons (Fsp3) is 0.261. The predicted molar refractivity (Wildman–Crippen MR) is 123 cm³/mol. The maximum Gasteiger partial charge on any atom is 0.302 e. The number of aromatic nitrogens is 4. The molecule has 33 heavy (non-hydrogen) atoms. The molecule has 10 heteroatoms. The number of amides is 1. The van der Waals surface area contributed by atoms with Gasteiger partial charge in [0.1, 0.15) is 12.1 Å². The standard InChI is InChI=1S/C23H23N7O3/c1-32-15-20(31)30-13-11-29(12-14-30)19-3-2-8-25-21(19)28-23-27-18-5-4-17(26-22(18)33-23)16-6-9-24-10-7-16/h2-10H,11-15H2,1H3,(H,25,27,28). The van der Waals surface area contributed by atoms with Crippen LogP contribution in [0.15, 0.2) is 59.4 Å². The van der Waals surface area contributed by atoms with Crippen molar-refractivity contribution in [3.8, 4) is 11.3 Å². The first-order chi connectivity index (χ1) is 16.2. The van der Waals surface area contributed by atoms with Crippen LogP contribution in [0.25, 0.3) is 22.5 Å². The van der Waals surface area contributed by atoms with E-state index in [4.69, 9.17) is 9.15 Å². The van der Waals surface area contributed by atoms with Gasteiger partial charge in [0.2, 0.25) is 11.6 Å². The third kappa shape index (κ3) is 4.46. The number of carbonyl (C=O) groups is 1. The van der Waals surface area contributed by atoms with Crippen molar-refractivity contribution in [1.29, 1.82) is 0 Å². The van der Waals surface area contributed by atoms with E-state index in [2.05, 4.69) is 30.2 Å². The molecule has 1 amide bonds. The van der Waals surface area contributed by atoms with Gasteiger partial charge in [0.05, 0.1) is 11.4 Å². The van der Waals surface area contributed by atoms with Crippen LogP contribution in [0.5, 0.6) is 0 Å². The van der Waals surface area contributed by atoms with Crippen LogP contribution in [0.1, 0.15) is 0 Å². The van der Waals surface area contributed by atoms with Crippen LogP contribution < -0.4 is 10.2 Å². The first-order valence-electron chi connectivity index (χ1n) is 10.6. The van der Waals surface area contributed by atoms with Crippen LogP contribution in [-0.2, 0) is 9.53 Å². The zero-order valence-electron chi connectivity index (χ0n) is 18.1. The molecular formula is C23H23N7O3. The highest BCUT2D eigenvalue weighted by Crippen LogP contribution is 2.29. The molecule has 5 rings (SSSR count). The number of fused-ring (bicyclic) bond motifs is 1. The van der Waals surface area contributed by atoms with Crippen LogP contribution in [0.4, 0.5) is 17.5 Å². The van der Waals surface area contributed by atoms with Crippen LogP contribution in [0, 0.1) is 0 Å². The van der Waals surface area contributed by atoms with Gasteiger partial charge >= 0.3 is 6.01 Å². The molecule has 1 saturated heterocycles. The number of rotatable bonds is 6. The van der Waals surface area contributed by atoms with Gasteiger partial charge in [-0.1, -0.05) is 0 Å². The van der Waals surface area contributed by atoms with E-state index in [1.807, 2.05) is 41.3 Å². The lowest BCUT2D eigenvalue weighted by Crippen LogP contribution is -2.49. The average molecular weight is 445 g/mol. The molecule has 1 fully saturated rings. The van der Waals surface area contributed by atoms with Gasteiger partial charge in [0.25, 0.3) is 0 Å². The molecule has 0 unspecified atom stereocenters. The zero-order chi connectivity index (χ0) is 22.6. The lowest BCUT2D eigenvalue weighted by atomic mass is 10.2. The maximum atomic E-state index is 12.1. The molecule has 168 valence electrons. The highest BCUT2D eigenvalue weighted by atomic mass is 16.5. The molecular weight excluding hydrogens is 422 g/mol. The van der Waals surface area contributed by atoms with Gasteiger partial charge in [-0.15, -0.1) is 0 Å². The Hall–Kier alpha value is -4.05. The normalized spacial score (nSPS) is 14.0. The number of hydrogen-bond donors (Lipinski definition) is 1. The molecule has 1 aliphatic rings. The molecule has 1 aliphatic heterocycles. The summed E-state index contributed by atoms with van der Waals surface area (Å²) < 4.78 is 10.8. The topological polar surface area (TPSA) is 110 Å². The van der Waals surface area contributed by atoms with Crippen LogP contribution in [0.3, 0.4) is 0 Å². The summed E-state index contributed by atoms with van der Waals surface area (Å²) in [5.74, 6) is 0.641. The predicted octanol–water partition coefficient (Wildman–Crippen LogP) is 2.72. The molecule has 1 N–H and O–H groups in total. The molecule has 0 saturated carbocycles. The summed E-state index contributed by atoms with van der Waals surface area (Å²) in [5, 5.41) is 3.19. The summed E-state index contributed by atoms with van der Waals surface area (Å²) >= 11 is 0. The minimum atomic E-state index is 0.00629. The average Bonchev–Trinajstić information content (AvgIpc) is 3.27. The molecule has 0 aliphatic carbocycles. The van der Waals surface area contributed by atoms with Gasteiger partial charge in [-0.3, -0.25) is 15.1 Å². The summed E-state index contributed by atoms with van der Waals surface area (Å²) in [4.78, 5) is 33.7. The number of hydrogen-bond acceptors (Lipinski definition) is 9. The number of pyridine rings is 3. The van der Waals surface area contributed by atoms with Crippen LogP contribution in [0.2, 0.25) is 0 Å². The summed E-state index contributed by atoms with van der Waals surface area (Å²) in [5.41, 5.74) is 3.75. The number of nitrogens with one attached hydrogen (secondary N) is 1. The van der Waals surface area contributed by atoms with E-state index in [-0.39, 0.29) is 12.5 Å². The number of anilines is 3. The summed E-state index contributed by atoms with van der Waals surface area (Å²) in [7, 11) is 1.53. The second kappa shape index (κ2) is 9.21. The van der Waals surface area contributed by atoms with Crippen molar-refractivity contribution >= 4 is 34.7 Å². The number of carbonyl (C=O) groups excluding carboxylic acids is 1. The zero-order valence-corrected chi connectivity index (χ0v) is 18.1. The number of oxazole rings is 1. The Morgan fingerprint density at radius 3 is 2.67 bits per heavy atom. The summed E-state index contributed by atoms with van der Waals surface area (Å²) in [6.45, 7) is 2.75. The SMILES string of the molecule is COCC(=O)N1CCN(c2cccnc2Nc2nc3ccc(-c4ccncc4)nc3o2)CC1. The van der Waals surface area contributed by atoms with Gasteiger partial charge < -0.3 is 19.0 Å². The maximum absolute atomic E-state index is 12.1. The van der Waals surface area contributed by atoms with E-state index < -0.39 is 0 Å². The molecule has 0 bridgehead atoms. The van der Waals surface area contributed by atoms with Crippen molar-refractivity contribution in [1.82, 2.24) is 24.8 Å². The second-order valence-corrected chi connectivity index (χ2v) is 7.57. The number of methoxy groups -OCH3 is 1. The number of ether oxygens (including phenoxy) is 1. The molecule has 5 heterocycles. The highest BCUT2D eigenvalue weighted by molar-refractivity contribution is 5.79. The van der Waals surface area contributed by atoms with Gasteiger partial charge in [-0.25, -0.2) is 9.97 Å². The fourth-order valence-corrected chi connectivity index (χ4v) is 3.82. The Kier molecular flexibility index (Phi) is 5.81. The molecule has 10 nitrogen and oxygen atoms in total. The first-order valence-corrected chi connectivity index (χ1v) is 10.6. The Labute approximate surface area is 190 Å². The first kappa shape index (κ1) is 20.8. The summed E-state index contributed by atoms with van der Waals surface area (Å²) in [6, 6.07) is 11.8. The number of piperazine rings is 1. The van der Waals surface area contributed by atoms with Crippen molar-refractivity contribution in [2.45, 2.75) is 0 Å². The fourth-order valence-electron chi connectivity index (χ4n) is 3.82. The van der Waals surface area contributed by atoms with Crippen molar-refractivity contribution in [2.75, 3.05) is 50.1 Å². The van der Waals surface area contributed by atoms with Crippen molar-refractivity contribution < 1.29 is 13.9 Å².